The van der Waals surface area contributed by atoms with E-state index in [1.165, 1.54) is 0 Å². The summed E-state index contributed by atoms with van der Waals surface area (Å²) < 4.78 is 30.2. The monoisotopic (exact) mass is 296 g/mol. The van der Waals surface area contributed by atoms with Gasteiger partial charge in [0.25, 0.3) is 0 Å². The Labute approximate surface area is 123 Å². The van der Waals surface area contributed by atoms with Gasteiger partial charge in [0.05, 0.1) is 52.9 Å². The Kier molecular flexibility index (Phi) is 26.3. The highest BCUT2D eigenvalue weighted by molar-refractivity contribution is 4.34. The maximum atomic E-state index is 5.26. The summed E-state index contributed by atoms with van der Waals surface area (Å²) in [6.45, 7) is 10.5. The minimum atomic E-state index is 0.595. The first kappa shape index (κ1) is 22.0. The molecule has 20 heavy (non-hydrogen) atoms. The summed E-state index contributed by atoms with van der Waals surface area (Å²) in [5.74, 6) is 0. The molecular weight excluding hydrogens is 264 g/mol. The highest BCUT2D eigenvalue weighted by Crippen LogP contribution is 1.82. The number of hydrogen-bond acceptors (Lipinski definition) is 6. The molecule has 0 saturated carbocycles. The van der Waals surface area contributed by atoms with Crippen molar-refractivity contribution in [3.05, 3.63) is 0 Å². The van der Waals surface area contributed by atoms with Crippen molar-refractivity contribution in [1.82, 2.24) is 0 Å². The second-order valence-electron chi connectivity index (χ2n) is 3.60. The highest BCUT2D eigenvalue weighted by atomic mass is 16.6. The van der Waals surface area contributed by atoms with E-state index in [0.29, 0.717) is 52.9 Å². The van der Waals surface area contributed by atoms with E-state index in [9.17, 15) is 0 Å². The Bertz CT molecular complexity index is 132. The third kappa shape index (κ3) is 26.3. The number of methoxy groups -OCH3 is 2. The van der Waals surface area contributed by atoms with E-state index >= 15 is 0 Å². The van der Waals surface area contributed by atoms with E-state index in [4.69, 9.17) is 28.4 Å². The van der Waals surface area contributed by atoms with Crippen molar-refractivity contribution in [3.8, 4) is 0 Å². The van der Waals surface area contributed by atoms with Crippen molar-refractivity contribution in [3.63, 3.8) is 0 Å². The SMILES string of the molecule is CCOCC.COCCOCCOCCOCCOC. The first-order valence-corrected chi connectivity index (χ1v) is 7.12. The van der Waals surface area contributed by atoms with Crippen LogP contribution in [-0.2, 0) is 28.4 Å². The van der Waals surface area contributed by atoms with Crippen molar-refractivity contribution < 1.29 is 28.4 Å². The molecule has 0 saturated heterocycles. The van der Waals surface area contributed by atoms with Crippen LogP contribution in [0.15, 0.2) is 0 Å². The van der Waals surface area contributed by atoms with Crippen molar-refractivity contribution in [2.24, 2.45) is 0 Å². The topological polar surface area (TPSA) is 55.4 Å². The fraction of sp³-hybridized carbons (Fsp3) is 1.00. The summed E-state index contributed by atoms with van der Waals surface area (Å²) in [5.41, 5.74) is 0. The molecule has 0 unspecified atom stereocenters. The fourth-order valence-corrected chi connectivity index (χ4v) is 1.03. The summed E-state index contributed by atoms with van der Waals surface area (Å²) >= 11 is 0. The Morgan fingerprint density at radius 3 is 0.950 bits per heavy atom. The third-order valence-electron chi connectivity index (χ3n) is 2.02. The van der Waals surface area contributed by atoms with E-state index in [1.807, 2.05) is 13.8 Å². The van der Waals surface area contributed by atoms with Gasteiger partial charge in [0, 0.05) is 27.4 Å². The molecular formula is C14H32O6. The van der Waals surface area contributed by atoms with Gasteiger partial charge >= 0.3 is 0 Å². The molecule has 0 atom stereocenters. The van der Waals surface area contributed by atoms with E-state index < -0.39 is 0 Å². The molecule has 0 bridgehead atoms. The summed E-state index contributed by atoms with van der Waals surface area (Å²) in [6.07, 6.45) is 0. The first-order chi connectivity index (χ1) is 9.83. The van der Waals surface area contributed by atoms with Crippen molar-refractivity contribution in [1.29, 1.82) is 0 Å². The standard InChI is InChI=1S/C10H22O5.C4H10O/c1-11-3-5-13-7-9-15-10-8-14-6-4-12-2;1-3-5-4-2/h3-10H2,1-2H3;3-4H2,1-2H3. The van der Waals surface area contributed by atoms with Crippen LogP contribution in [0, 0.1) is 0 Å². The molecule has 0 aliphatic heterocycles. The maximum Gasteiger partial charge on any atom is 0.0701 e. The lowest BCUT2D eigenvalue weighted by atomic mass is 10.7. The van der Waals surface area contributed by atoms with Crippen LogP contribution in [0.5, 0.6) is 0 Å². The molecule has 0 heterocycles. The van der Waals surface area contributed by atoms with Crippen molar-refractivity contribution >= 4 is 0 Å². The average molecular weight is 296 g/mol. The lowest BCUT2D eigenvalue weighted by Crippen LogP contribution is -2.12. The summed E-state index contributed by atoms with van der Waals surface area (Å²) in [5, 5.41) is 0. The molecule has 0 aromatic rings. The predicted octanol–water partition coefficient (Wildman–Crippen LogP) is 1.37. The summed E-state index contributed by atoms with van der Waals surface area (Å²) in [7, 11) is 3.30. The molecule has 0 fully saturated rings. The van der Waals surface area contributed by atoms with Crippen LogP contribution in [0.4, 0.5) is 0 Å². The first-order valence-electron chi connectivity index (χ1n) is 7.12. The highest BCUT2D eigenvalue weighted by Gasteiger charge is 1.91. The van der Waals surface area contributed by atoms with Gasteiger partial charge in [-0.3, -0.25) is 0 Å². The quantitative estimate of drug-likeness (QED) is 0.451. The van der Waals surface area contributed by atoms with E-state index in [0.717, 1.165) is 13.2 Å². The normalized spacial score (nSPS) is 10.2. The van der Waals surface area contributed by atoms with Crippen LogP contribution < -0.4 is 0 Å². The Balaban J connectivity index is 0. The Hall–Kier alpha value is -0.240. The van der Waals surface area contributed by atoms with Crippen LogP contribution in [0.1, 0.15) is 13.8 Å². The van der Waals surface area contributed by atoms with Crippen LogP contribution in [-0.4, -0.2) is 80.3 Å². The Morgan fingerprint density at radius 1 is 0.450 bits per heavy atom. The molecule has 0 rings (SSSR count). The molecule has 0 amide bonds. The largest absolute Gasteiger partial charge is 0.382 e. The molecule has 124 valence electrons. The average Bonchev–Trinajstić information content (AvgIpc) is 2.46. The van der Waals surface area contributed by atoms with Gasteiger partial charge in [0.15, 0.2) is 0 Å². The van der Waals surface area contributed by atoms with Gasteiger partial charge < -0.3 is 28.4 Å². The molecule has 0 aliphatic rings. The lowest BCUT2D eigenvalue weighted by molar-refractivity contribution is -0.00380. The zero-order valence-electron chi connectivity index (χ0n) is 13.5. The Morgan fingerprint density at radius 2 is 0.750 bits per heavy atom. The van der Waals surface area contributed by atoms with Crippen molar-refractivity contribution in [2.75, 3.05) is 80.3 Å². The minimum absolute atomic E-state index is 0.595. The van der Waals surface area contributed by atoms with Gasteiger partial charge in [0.1, 0.15) is 0 Å². The summed E-state index contributed by atoms with van der Waals surface area (Å²) in [6, 6.07) is 0. The molecule has 6 nitrogen and oxygen atoms in total. The molecule has 0 aliphatic carbocycles. The van der Waals surface area contributed by atoms with Crippen LogP contribution in [0.2, 0.25) is 0 Å². The zero-order chi connectivity index (χ0) is 15.3. The second kappa shape index (κ2) is 23.8. The van der Waals surface area contributed by atoms with Gasteiger partial charge in [-0.15, -0.1) is 0 Å². The molecule has 6 heteroatoms. The molecule has 0 aromatic carbocycles. The molecule has 0 radical (unpaired) electrons. The van der Waals surface area contributed by atoms with Gasteiger partial charge in [-0.25, -0.2) is 0 Å². The molecule has 0 spiro atoms. The third-order valence-corrected chi connectivity index (χ3v) is 2.02. The van der Waals surface area contributed by atoms with E-state index in [-0.39, 0.29) is 0 Å². The molecule has 0 N–H and O–H groups in total. The minimum Gasteiger partial charge on any atom is -0.382 e. The lowest BCUT2D eigenvalue weighted by Gasteiger charge is -2.06. The number of hydrogen-bond donors (Lipinski definition) is 0. The molecule has 0 aromatic heterocycles. The maximum absolute atomic E-state index is 5.26. The van der Waals surface area contributed by atoms with Crippen molar-refractivity contribution in [2.45, 2.75) is 13.8 Å². The van der Waals surface area contributed by atoms with Gasteiger partial charge in [-0.2, -0.15) is 0 Å². The smallest absolute Gasteiger partial charge is 0.0701 e. The van der Waals surface area contributed by atoms with E-state index in [2.05, 4.69) is 0 Å². The van der Waals surface area contributed by atoms with Crippen LogP contribution in [0.3, 0.4) is 0 Å². The van der Waals surface area contributed by atoms with Gasteiger partial charge in [-0.1, -0.05) is 0 Å². The van der Waals surface area contributed by atoms with Gasteiger partial charge in [-0.05, 0) is 13.8 Å². The van der Waals surface area contributed by atoms with E-state index in [1.54, 1.807) is 14.2 Å². The second-order valence-corrected chi connectivity index (χ2v) is 3.60. The number of ether oxygens (including phenoxy) is 6. The number of rotatable bonds is 14. The predicted molar refractivity (Wildman–Crippen MR) is 78.4 cm³/mol. The van der Waals surface area contributed by atoms with Crippen LogP contribution in [0.25, 0.3) is 0 Å². The summed E-state index contributed by atoms with van der Waals surface area (Å²) in [4.78, 5) is 0. The van der Waals surface area contributed by atoms with Gasteiger partial charge in [0.2, 0.25) is 0 Å². The fourth-order valence-electron chi connectivity index (χ4n) is 1.03. The zero-order valence-corrected chi connectivity index (χ0v) is 13.5. The van der Waals surface area contributed by atoms with Crippen LogP contribution >= 0.6 is 0 Å².